The molecule has 0 saturated carbocycles. The van der Waals surface area contributed by atoms with Crippen LogP contribution in [0.25, 0.3) is 11.0 Å². The van der Waals surface area contributed by atoms with Crippen molar-refractivity contribution >= 4 is 17.0 Å². The molecule has 0 aliphatic rings. The minimum Gasteiger partial charge on any atom is -0.357 e. The summed E-state index contributed by atoms with van der Waals surface area (Å²) >= 11 is 0. The van der Waals surface area contributed by atoms with Crippen LogP contribution < -0.4 is 10.9 Å². The van der Waals surface area contributed by atoms with Crippen LogP contribution in [0.1, 0.15) is 19.9 Å². The number of fused-ring (bicyclic) bond motifs is 1. The molecule has 86 valence electrons. The number of nitrogens with zero attached hydrogens (tertiary/aromatic N) is 4. The predicted octanol–water partition coefficient (Wildman–Crippen LogP) is 0.753. The average Bonchev–Trinajstić information content (AvgIpc) is 2.51. The van der Waals surface area contributed by atoms with Crippen LogP contribution in [0.15, 0.2) is 11.0 Å². The minimum atomic E-state index is -0.0462. The second-order valence-corrected chi connectivity index (χ2v) is 3.95. The van der Waals surface area contributed by atoms with Crippen LogP contribution in [0.4, 0.5) is 5.95 Å². The third-order valence-corrected chi connectivity index (χ3v) is 2.55. The van der Waals surface area contributed by atoms with Gasteiger partial charge in [-0.1, -0.05) is 0 Å². The largest absolute Gasteiger partial charge is 0.357 e. The molecule has 0 saturated heterocycles. The molecule has 6 heteroatoms. The summed E-state index contributed by atoms with van der Waals surface area (Å²) in [5, 5.41) is 3.41. The average molecular weight is 221 g/mol. The molecule has 0 spiro atoms. The van der Waals surface area contributed by atoms with Gasteiger partial charge in [-0.15, -0.1) is 0 Å². The Morgan fingerprint density at radius 2 is 2.12 bits per heavy atom. The van der Waals surface area contributed by atoms with Gasteiger partial charge in [0.25, 0.3) is 5.56 Å². The van der Waals surface area contributed by atoms with Gasteiger partial charge in [-0.05, 0) is 13.8 Å². The zero-order valence-corrected chi connectivity index (χ0v) is 9.85. The molecule has 2 aromatic heterocycles. The number of aryl methyl sites for hydroxylation is 1. The molecule has 0 fully saturated rings. The molecule has 16 heavy (non-hydrogen) atoms. The van der Waals surface area contributed by atoms with Crippen molar-refractivity contribution in [2.24, 2.45) is 7.05 Å². The second-order valence-electron chi connectivity index (χ2n) is 3.95. The van der Waals surface area contributed by atoms with Crippen molar-refractivity contribution in [1.29, 1.82) is 0 Å². The topological polar surface area (TPSA) is 64.7 Å². The van der Waals surface area contributed by atoms with Crippen LogP contribution in [0.2, 0.25) is 0 Å². The Balaban J connectivity index is 2.83. The lowest BCUT2D eigenvalue weighted by Crippen LogP contribution is -2.23. The summed E-state index contributed by atoms with van der Waals surface area (Å²) in [5.74, 6) is 0.518. The number of hydrogen-bond donors (Lipinski definition) is 1. The molecular formula is C10H15N5O. The summed E-state index contributed by atoms with van der Waals surface area (Å²) in [4.78, 5) is 20.4. The second kappa shape index (κ2) is 3.62. The highest BCUT2D eigenvalue weighted by molar-refractivity contribution is 5.74. The Morgan fingerprint density at radius 3 is 2.69 bits per heavy atom. The summed E-state index contributed by atoms with van der Waals surface area (Å²) in [7, 11) is 3.58. The first kappa shape index (κ1) is 10.7. The molecule has 1 N–H and O–H groups in total. The molecule has 0 aromatic carbocycles. The minimum absolute atomic E-state index is 0.0462. The molecule has 0 radical (unpaired) electrons. The number of anilines is 1. The molecule has 0 unspecified atom stereocenters. The molecule has 0 amide bonds. The molecule has 2 heterocycles. The molecular weight excluding hydrogens is 206 g/mol. The molecule has 6 nitrogen and oxygen atoms in total. The zero-order valence-electron chi connectivity index (χ0n) is 9.85. The zero-order chi connectivity index (χ0) is 11.9. The third-order valence-electron chi connectivity index (χ3n) is 2.55. The van der Waals surface area contributed by atoms with E-state index in [1.165, 1.54) is 0 Å². The molecule has 0 bridgehead atoms. The maximum Gasteiger partial charge on any atom is 0.278 e. The monoisotopic (exact) mass is 221 g/mol. The SMILES string of the molecule is CNc1ncc2c(=O)n(C(C)C)n(C)c2n1. The smallest absolute Gasteiger partial charge is 0.278 e. The fraction of sp³-hybridized carbons (Fsp3) is 0.500. The van der Waals surface area contributed by atoms with E-state index in [1.807, 2.05) is 20.9 Å². The van der Waals surface area contributed by atoms with Crippen molar-refractivity contribution in [2.45, 2.75) is 19.9 Å². The lowest BCUT2D eigenvalue weighted by atomic mass is 10.4. The van der Waals surface area contributed by atoms with Gasteiger partial charge in [0.2, 0.25) is 5.95 Å². The predicted molar refractivity (Wildman–Crippen MR) is 62.7 cm³/mol. The van der Waals surface area contributed by atoms with Crippen molar-refractivity contribution in [1.82, 2.24) is 19.3 Å². The van der Waals surface area contributed by atoms with Crippen molar-refractivity contribution < 1.29 is 0 Å². The molecule has 0 aliphatic heterocycles. The molecule has 0 aliphatic carbocycles. The Hall–Kier alpha value is -1.85. The quantitative estimate of drug-likeness (QED) is 0.812. The lowest BCUT2D eigenvalue weighted by molar-refractivity contribution is 0.445. The van der Waals surface area contributed by atoms with Gasteiger partial charge < -0.3 is 5.32 Å². The first-order valence-corrected chi connectivity index (χ1v) is 5.18. The Labute approximate surface area is 92.9 Å². The lowest BCUT2D eigenvalue weighted by Gasteiger charge is -2.10. The molecule has 2 aromatic rings. The number of aromatic nitrogens is 4. The van der Waals surface area contributed by atoms with Gasteiger partial charge in [-0.25, -0.2) is 9.67 Å². The van der Waals surface area contributed by atoms with Gasteiger partial charge in [0.15, 0.2) is 5.65 Å². The molecule has 0 atom stereocenters. The van der Waals surface area contributed by atoms with E-state index >= 15 is 0 Å². The number of nitrogens with one attached hydrogen (secondary N) is 1. The standard InChI is InChI=1S/C10H15N5O/c1-6(2)15-9(16)7-5-12-10(11-3)13-8(7)14(15)4/h5-6H,1-4H3,(H,11,12,13). The van der Waals surface area contributed by atoms with Crippen LogP contribution in [-0.2, 0) is 7.05 Å². The van der Waals surface area contributed by atoms with Crippen molar-refractivity contribution in [2.75, 3.05) is 12.4 Å². The van der Waals surface area contributed by atoms with Gasteiger partial charge in [0, 0.05) is 26.3 Å². The van der Waals surface area contributed by atoms with Crippen LogP contribution in [0.3, 0.4) is 0 Å². The van der Waals surface area contributed by atoms with E-state index < -0.39 is 0 Å². The summed E-state index contributed by atoms with van der Waals surface area (Å²) in [5.41, 5.74) is 0.605. The molecule has 2 rings (SSSR count). The number of hydrogen-bond acceptors (Lipinski definition) is 4. The summed E-state index contributed by atoms with van der Waals surface area (Å²) in [6.07, 6.45) is 1.56. The highest BCUT2D eigenvalue weighted by Gasteiger charge is 2.14. The van der Waals surface area contributed by atoms with Crippen LogP contribution in [-0.4, -0.2) is 26.4 Å². The normalized spacial score (nSPS) is 11.3. The fourth-order valence-electron chi connectivity index (χ4n) is 1.83. The fourth-order valence-corrected chi connectivity index (χ4v) is 1.83. The summed E-state index contributed by atoms with van der Waals surface area (Å²) in [6, 6.07) is 0.102. The van der Waals surface area contributed by atoms with E-state index in [2.05, 4.69) is 15.3 Å². The first-order valence-electron chi connectivity index (χ1n) is 5.18. The maximum atomic E-state index is 12.0. The van der Waals surface area contributed by atoms with Gasteiger partial charge in [-0.2, -0.15) is 4.98 Å². The van der Waals surface area contributed by atoms with Crippen molar-refractivity contribution in [3.8, 4) is 0 Å². The van der Waals surface area contributed by atoms with Gasteiger partial charge in [-0.3, -0.25) is 9.48 Å². The van der Waals surface area contributed by atoms with E-state index in [4.69, 9.17) is 0 Å². The highest BCUT2D eigenvalue weighted by atomic mass is 16.1. The summed E-state index contributed by atoms with van der Waals surface area (Å²) in [6.45, 7) is 3.93. The Bertz CT molecular complexity index is 581. The maximum absolute atomic E-state index is 12.0. The van der Waals surface area contributed by atoms with E-state index in [-0.39, 0.29) is 11.6 Å². The van der Waals surface area contributed by atoms with Gasteiger partial charge >= 0.3 is 0 Å². The van der Waals surface area contributed by atoms with Gasteiger partial charge in [0.05, 0.1) is 0 Å². The Morgan fingerprint density at radius 1 is 1.44 bits per heavy atom. The third kappa shape index (κ3) is 1.37. The van der Waals surface area contributed by atoms with Crippen LogP contribution >= 0.6 is 0 Å². The van der Waals surface area contributed by atoms with E-state index in [9.17, 15) is 4.79 Å². The summed E-state index contributed by atoms with van der Waals surface area (Å²) < 4.78 is 3.43. The van der Waals surface area contributed by atoms with Crippen LogP contribution in [0, 0.1) is 0 Å². The van der Waals surface area contributed by atoms with Crippen molar-refractivity contribution in [3.63, 3.8) is 0 Å². The number of rotatable bonds is 2. The van der Waals surface area contributed by atoms with E-state index in [0.717, 1.165) is 0 Å². The van der Waals surface area contributed by atoms with Crippen LogP contribution in [0.5, 0.6) is 0 Å². The Kier molecular flexibility index (Phi) is 2.41. The first-order chi connectivity index (χ1) is 7.56. The highest BCUT2D eigenvalue weighted by Crippen LogP contribution is 2.11. The van der Waals surface area contributed by atoms with Gasteiger partial charge in [0.1, 0.15) is 5.39 Å². The van der Waals surface area contributed by atoms with Crippen molar-refractivity contribution in [3.05, 3.63) is 16.6 Å². The van der Waals surface area contributed by atoms with E-state index in [0.29, 0.717) is 17.0 Å². The van der Waals surface area contributed by atoms with E-state index in [1.54, 1.807) is 22.6 Å².